The third-order valence-corrected chi connectivity index (χ3v) is 3.76. The van der Waals surface area contributed by atoms with Crippen LogP contribution in [0.25, 0.3) is 0 Å². The van der Waals surface area contributed by atoms with E-state index in [4.69, 9.17) is 4.74 Å². The molecule has 0 aromatic carbocycles. The molecule has 0 spiro atoms. The molecule has 1 aliphatic heterocycles. The van der Waals surface area contributed by atoms with Crippen LogP contribution in [0.2, 0.25) is 0 Å². The van der Waals surface area contributed by atoms with Gasteiger partial charge in [0.25, 0.3) is 5.91 Å². The van der Waals surface area contributed by atoms with Gasteiger partial charge in [0.15, 0.2) is 0 Å². The van der Waals surface area contributed by atoms with E-state index in [1.165, 1.54) is 0 Å². The molecular weight excluding hydrogens is 313 g/mol. The van der Waals surface area contributed by atoms with Crippen LogP contribution in [0, 0.1) is 0 Å². The fourth-order valence-corrected chi connectivity index (χ4v) is 2.66. The topological polar surface area (TPSA) is 71.2 Å². The lowest BCUT2D eigenvalue weighted by Crippen LogP contribution is -2.42. The lowest BCUT2D eigenvalue weighted by atomic mass is 9.95. The number of pyridine rings is 1. The summed E-state index contributed by atoms with van der Waals surface area (Å²) in [6.07, 6.45) is -1.66. The number of amides is 1. The molecule has 1 aromatic heterocycles. The zero-order valence-electron chi connectivity index (χ0n) is 12.9. The molecule has 1 atom stereocenters. The summed E-state index contributed by atoms with van der Waals surface area (Å²) in [5, 5.41) is 2.45. The van der Waals surface area contributed by atoms with E-state index < -0.39 is 28.8 Å². The molecular formula is C15H19F3N2O3. The minimum Gasteiger partial charge on any atom is -0.371 e. The van der Waals surface area contributed by atoms with Crippen molar-refractivity contribution in [2.75, 3.05) is 6.54 Å². The van der Waals surface area contributed by atoms with Crippen LogP contribution in [0.4, 0.5) is 13.2 Å². The molecule has 0 aliphatic carbocycles. The zero-order valence-corrected chi connectivity index (χ0v) is 12.9. The molecule has 0 bridgehead atoms. The highest BCUT2D eigenvalue weighted by Crippen LogP contribution is 2.31. The Labute approximate surface area is 131 Å². The number of nitrogens with one attached hydrogen (secondary N) is 2. The van der Waals surface area contributed by atoms with Crippen molar-refractivity contribution in [3.63, 3.8) is 0 Å². The van der Waals surface area contributed by atoms with Gasteiger partial charge in [-0.1, -0.05) is 0 Å². The van der Waals surface area contributed by atoms with Gasteiger partial charge < -0.3 is 15.0 Å². The molecule has 2 heterocycles. The number of aromatic amines is 1. The first-order valence-electron chi connectivity index (χ1n) is 7.34. The summed E-state index contributed by atoms with van der Waals surface area (Å²) in [6.45, 7) is 3.99. The maximum Gasteiger partial charge on any atom is 0.417 e. The molecule has 0 unspecified atom stereocenters. The number of hydrogen-bond acceptors (Lipinski definition) is 3. The quantitative estimate of drug-likeness (QED) is 0.893. The summed E-state index contributed by atoms with van der Waals surface area (Å²) in [4.78, 5) is 25.2. The molecule has 23 heavy (non-hydrogen) atoms. The van der Waals surface area contributed by atoms with Crippen LogP contribution in [0.3, 0.4) is 0 Å². The van der Waals surface area contributed by atoms with Gasteiger partial charge in [-0.3, -0.25) is 9.59 Å². The van der Waals surface area contributed by atoms with Crippen LogP contribution >= 0.6 is 0 Å². The Hall–Kier alpha value is -1.83. The fraction of sp³-hybridized carbons (Fsp3) is 0.600. The number of aromatic nitrogens is 1. The minimum absolute atomic E-state index is 0.124. The van der Waals surface area contributed by atoms with Gasteiger partial charge in [0, 0.05) is 18.8 Å². The highest BCUT2D eigenvalue weighted by atomic mass is 19.4. The van der Waals surface area contributed by atoms with Crippen LogP contribution in [0.15, 0.2) is 17.1 Å². The van der Waals surface area contributed by atoms with E-state index >= 15 is 0 Å². The molecule has 1 amide bonds. The van der Waals surface area contributed by atoms with E-state index in [-0.39, 0.29) is 18.2 Å². The van der Waals surface area contributed by atoms with Gasteiger partial charge in [-0.05, 0) is 33.1 Å². The monoisotopic (exact) mass is 332 g/mol. The van der Waals surface area contributed by atoms with Gasteiger partial charge in [-0.2, -0.15) is 13.2 Å². The van der Waals surface area contributed by atoms with Crippen molar-refractivity contribution in [1.82, 2.24) is 10.3 Å². The Balaban J connectivity index is 2.08. The summed E-state index contributed by atoms with van der Waals surface area (Å²) in [5.41, 5.74) is -3.06. The number of halogens is 3. The number of hydrogen-bond donors (Lipinski definition) is 2. The lowest BCUT2D eigenvalue weighted by molar-refractivity contribution is -0.138. The zero-order chi connectivity index (χ0) is 17.3. The summed E-state index contributed by atoms with van der Waals surface area (Å²) in [7, 11) is 0. The number of ether oxygens (including phenoxy) is 1. The van der Waals surface area contributed by atoms with Crippen LogP contribution < -0.4 is 10.9 Å². The van der Waals surface area contributed by atoms with Gasteiger partial charge in [-0.15, -0.1) is 0 Å². The maximum atomic E-state index is 12.9. The van der Waals surface area contributed by atoms with Crippen molar-refractivity contribution in [1.29, 1.82) is 0 Å². The van der Waals surface area contributed by atoms with Crippen molar-refractivity contribution in [3.8, 4) is 0 Å². The first-order chi connectivity index (χ1) is 10.6. The molecule has 0 radical (unpaired) electrons. The number of rotatable bonds is 3. The van der Waals surface area contributed by atoms with E-state index in [2.05, 4.69) is 10.3 Å². The molecule has 1 aliphatic rings. The highest BCUT2D eigenvalue weighted by molar-refractivity contribution is 5.95. The average Bonchev–Trinajstić information content (AvgIpc) is 2.42. The molecule has 5 nitrogen and oxygen atoms in total. The third kappa shape index (κ3) is 4.57. The van der Waals surface area contributed by atoms with Crippen molar-refractivity contribution in [2.24, 2.45) is 0 Å². The van der Waals surface area contributed by atoms with Gasteiger partial charge >= 0.3 is 6.18 Å². The van der Waals surface area contributed by atoms with Crippen LogP contribution in [0.5, 0.6) is 0 Å². The van der Waals surface area contributed by atoms with Crippen LogP contribution in [-0.2, 0) is 10.9 Å². The lowest BCUT2D eigenvalue weighted by Gasteiger charge is -2.36. The number of carbonyl (C=O) groups is 1. The molecule has 1 saturated heterocycles. The SMILES string of the molecule is CC1(C)CCC[C@H](CNC(=O)c2c[nH]c(=O)cc2C(F)(F)F)O1. The Morgan fingerprint density at radius 2 is 2.17 bits per heavy atom. The predicted molar refractivity (Wildman–Crippen MR) is 77.2 cm³/mol. The summed E-state index contributed by atoms with van der Waals surface area (Å²) in [6, 6.07) is 0.384. The molecule has 8 heteroatoms. The molecule has 1 fully saturated rings. The third-order valence-electron chi connectivity index (χ3n) is 3.76. The summed E-state index contributed by atoms with van der Waals surface area (Å²) in [5.74, 6) is -0.888. The first kappa shape index (κ1) is 17.5. The van der Waals surface area contributed by atoms with Gasteiger partial charge in [0.05, 0.1) is 22.8 Å². The molecule has 2 rings (SSSR count). The Bertz CT molecular complexity index is 638. The molecule has 2 N–H and O–H groups in total. The van der Waals surface area contributed by atoms with Gasteiger partial charge in [0.1, 0.15) is 0 Å². The second-order valence-electron chi connectivity index (χ2n) is 6.22. The summed E-state index contributed by atoms with van der Waals surface area (Å²) >= 11 is 0. The van der Waals surface area contributed by atoms with Crippen LogP contribution in [0.1, 0.15) is 49.0 Å². The van der Waals surface area contributed by atoms with Crippen molar-refractivity contribution in [2.45, 2.75) is 51.0 Å². The second-order valence-corrected chi connectivity index (χ2v) is 6.22. The van der Waals surface area contributed by atoms with E-state index in [0.717, 1.165) is 25.5 Å². The smallest absolute Gasteiger partial charge is 0.371 e. The average molecular weight is 332 g/mol. The predicted octanol–water partition coefficient (Wildman–Crippen LogP) is 2.47. The molecule has 128 valence electrons. The molecule has 0 saturated carbocycles. The maximum absolute atomic E-state index is 12.9. The van der Waals surface area contributed by atoms with Crippen LogP contribution in [-0.4, -0.2) is 29.1 Å². The molecule has 1 aromatic rings. The number of carbonyl (C=O) groups excluding carboxylic acids is 1. The largest absolute Gasteiger partial charge is 0.417 e. The number of alkyl halides is 3. The van der Waals surface area contributed by atoms with Crippen molar-refractivity contribution < 1.29 is 22.7 Å². The van der Waals surface area contributed by atoms with Gasteiger partial charge in [0.2, 0.25) is 5.56 Å². The minimum atomic E-state index is -4.77. The van der Waals surface area contributed by atoms with Crippen molar-refractivity contribution in [3.05, 3.63) is 33.7 Å². The summed E-state index contributed by atoms with van der Waals surface area (Å²) < 4.78 is 44.6. The second kappa shape index (κ2) is 6.35. The Morgan fingerprint density at radius 1 is 1.48 bits per heavy atom. The first-order valence-corrected chi connectivity index (χ1v) is 7.34. The number of H-pyrrole nitrogens is 1. The highest BCUT2D eigenvalue weighted by Gasteiger charge is 2.36. The van der Waals surface area contributed by atoms with E-state index in [9.17, 15) is 22.8 Å². The Morgan fingerprint density at radius 3 is 2.78 bits per heavy atom. The van der Waals surface area contributed by atoms with Gasteiger partial charge in [-0.25, -0.2) is 0 Å². The fourth-order valence-electron chi connectivity index (χ4n) is 2.66. The van der Waals surface area contributed by atoms with E-state index in [0.29, 0.717) is 6.07 Å². The van der Waals surface area contributed by atoms with E-state index in [1.54, 1.807) is 0 Å². The normalized spacial score (nSPS) is 21.0. The standard InChI is InChI=1S/C15H19F3N2O3/c1-14(2)5-3-4-9(23-14)7-20-13(22)10-8-19-12(21)6-11(10)15(16,17)18/h6,8-9H,3-5,7H2,1-2H3,(H,19,21)(H,20,22)/t9-/m1/s1. The van der Waals surface area contributed by atoms with E-state index in [1.807, 2.05) is 13.8 Å². The Kier molecular flexibility index (Phi) is 4.84. The van der Waals surface area contributed by atoms with Crippen molar-refractivity contribution >= 4 is 5.91 Å².